The SMILES string of the molecule is CCCCCCCCCC[N+]1(CCCC)CCCCC1. The molecule has 0 bridgehead atoms. The van der Waals surface area contributed by atoms with E-state index in [1.54, 1.807) is 0 Å². The first-order valence-electron chi connectivity index (χ1n) is 9.68. The van der Waals surface area contributed by atoms with Crippen LogP contribution in [0.25, 0.3) is 0 Å². The van der Waals surface area contributed by atoms with Crippen LogP contribution in [0.4, 0.5) is 0 Å². The molecule has 1 aliphatic rings. The van der Waals surface area contributed by atoms with Crippen molar-refractivity contribution in [1.82, 2.24) is 0 Å². The largest absolute Gasteiger partial charge is 0.324 e. The minimum Gasteiger partial charge on any atom is -0.324 e. The lowest BCUT2D eigenvalue weighted by Gasteiger charge is -2.42. The highest BCUT2D eigenvalue weighted by atomic mass is 15.3. The van der Waals surface area contributed by atoms with Crippen molar-refractivity contribution < 1.29 is 4.48 Å². The van der Waals surface area contributed by atoms with Crippen molar-refractivity contribution in [2.24, 2.45) is 0 Å². The van der Waals surface area contributed by atoms with Gasteiger partial charge in [0.2, 0.25) is 0 Å². The molecule has 0 N–H and O–H groups in total. The Kier molecular flexibility index (Phi) is 10.4. The molecule has 1 aliphatic heterocycles. The van der Waals surface area contributed by atoms with Gasteiger partial charge >= 0.3 is 0 Å². The van der Waals surface area contributed by atoms with Crippen LogP contribution in [-0.2, 0) is 0 Å². The number of hydrogen-bond donors (Lipinski definition) is 0. The highest BCUT2D eigenvalue weighted by Gasteiger charge is 2.28. The third-order valence-corrected chi connectivity index (χ3v) is 5.24. The van der Waals surface area contributed by atoms with E-state index in [-0.39, 0.29) is 0 Å². The van der Waals surface area contributed by atoms with E-state index in [1.165, 1.54) is 114 Å². The second-order valence-corrected chi connectivity index (χ2v) is 7.13. The molecule has 0 unspecified atom stereocenters. The van der Waals surface area contributed by atoms with Crippen molar-refractivity contribution in [3.05, 3.63) is 0 Å². The van der Waals surface area contributed by atoms with Crippen molar-refractivity contribution in [3.8, 4) is 0 Å². The van der Waals surface area contributed by atoms with Crippen molar-refractivity contribution in [3.63, 3.8) is 0 Å². The van der Waals surface area contributed by atoms with E-state index in [9.17, 15) is 0 Å². The number of hydrogen-bond acceptors (Lipinski definition) is 0. The molecule has 0 aromatic rings. The Labute approximate surface area is 128 Å². The summed E-state index contributed by atoms with van der Waals surface area (Å²) in [5.41, 5.74) is 0. The summed E-state index contributed by atoms with van der Waals surface area (Å²) in [7, 11) is 0. The van der Waals surface area contributed by atoms with Crippen LogP contribution in [0, 0.1) is 0 Å². The average Bonchev–Trinajstić information content (AvgIpc) is 2.49. The molecular formula is C19H40N+. The molecule has 0 radical (unpaired) electrons. The van der Waals surface area contributed by atoms with Crippen molar-refractivity contribution in [2.45, 2.75) is 97.3 Å². The van der Waals surface area contributed by atoms with Gasteiger partial charge in [-0.15, -0.1) is 0 Å². The number of piperidine rings is 1. The number of quaternary nitrogens is 1. The maximum atomic E-state index is 2.34. The van der Waals surface area contributed by atoms with E-state index in [1.807, 2.05) is 0 Å². The molecule has 1 rings (SSSR count). The van der Waals surface area contributed by atoms with Crippen LogP contribution >= 0.6 is 0 Å². The first-order chi connectivity index (χ1) is 9.83. The van der Waals surface area contributed by atoms with Crippen molar-refractivity contribution in [1.29, 1.82) is 0 Å². The standard InChI is InChI=1S/C19H40N/c1-3-5-7-8-9-10-11-13-17-20(16-6-4-2)18-14-12-15-19-20/h3-19H2,1-2H3/q+1. The zero-order valence-corrected chi connectivity index (χ0v) is 14.5. The van der Waals surface area contributed by atoms with Gasteiger partial charge in [0, 0.05) is 0 Å². The normalized spacial score (nSPS) is 18.3. The molecule has 1 heterocycles. The third kappa shape index (κ3) is 7.67. The van der Waals surface area contributed by atoms with Gasteiger partial charge < -0.3 is 4.48 Å². The highest BCUT2D eigenvalue weighted by molar-refractivity contribution is 4.56. The van der Waals surface area contributed by atoms with Gasteiger partial charge in [-0.1, -0.05) is 58.8 Å². The summed E-state index contributed by atoms with van der Waals surface area (Å²) in [5.74, 6) is 0. The fourth-order valence-corrected chi connectivity index (χ4v) is 3.82. The molecule has 0 aromatic carbocycles. The minimum absolute atomic E-state index is 1.37. The fourth-order valence-electron chi connectivity index (χ4n) is 3.82. The van der Waals surface area contributed by atoms with Gasteiger partial charge in [0.25, 0.3) is 0 Å². The molecule has 120 valence electrons. The summed E-state index contributed by atoms with van der Waals surface area (Å²) in [5, 5.41) is 0. The molecule has 0 aliphatic carbocycles. The van der Waals surface area contributed by atoms with Crippen LogP contribution in [0.5, 0.6) is 0 Å². The van der Waals surface area contributed by atoms with Crippen LogP contribution in [0.1, 0.15) is 97.3 Å². The molecule has 1 fully saturated rings. The number of nitrogens with zero attached hydrogens (tertiary/aromatic N) is 1. The Balaban J connectivity index is 2.09. The summed E-state index contributed by atoms with van der Waals surface area (Å²) in [6, 6.07) is 0. The summed E-state index contributed by atoms with van der Waals surface area (Å²) in [6.45, 7) is 10.6. The van der Waals surface area contributed by atoms with E-state index in [0.717, 1.165) is 0 Å². The van der Waals surface area contributed by atoms with Crippen LogP contribution in [0.3, 0.4) is 0 Å². The first-order valence-corrected chi connectivity index (χ1v) is 9.68. The van der Waals surface area contributed by atoms with Crippen molar-refractivity contribution >= 4 is 0 Å². The van der Waals surface area contributed by atoms with Crippen LogP contribution in [0.2, 0.25) is 0 Å². The maximum Gasteiger partial charge on any atom is 0.0786 e. The predicted octanol–water partition coefficient (Wildman–Crippen LogP) is 5.93. The minimum atomic E-state index is 1.37. The molecule has 1 saturated heterocycles. The smallest absolute Gasteiger partial charge is 0.0786 e. The van der Waals surface area contributed by atoms with Gasteiger partial charge in [-0.3, -0.25) is 0 Å². The summed E-state index contributed by atoms with van der Waals surface area (Å²) < 4.78 is 1.48. The number of likely N-dealkylation sites (tertiary alicyclic amines) is 1. The van der Waals surface area contributed by atoms with Crippen molar-refractivity contribution in [2.75, 3.05) is 26.2 Å². The lowest BCUT2D eigenvalue weighted by Crippen LogP contribution is -2.52. The molecule has 1 nitrogen and oxygen atoms in total. The van der Waals surface area contributed by atoms with Gasteiger partial charge in [-0.05, 0) is 38.5 Å². The summed E-state index contributed by atoms with van der Waals surface area (Å²) >= 11 is 0. The molecular weight excluding hydrogens is 242 g/mol. The Morgan fingerprint density at radius 2 is 1.05 bits per heavy atom. The van der Waals surface area contributed by atoms with Gasteiger partial charge in [-0.25, -0.2) is 0 Å². The Morgan fingerprint density at radius 3 is 1.65 bits per heavy atom. The molecule has 0 spiro atoms. The zero-order chi connectivity index (χ0) is 14.5. The maximum absolute atomic E-state index is 2.34. The van der Waals surface area contributed by atoms with Crippen LogP contribution < -0.4 is 0 Å². The second-order valence-electron chi connectivity index (χ2n) is 7.13. The third-order valence-electron chi connectivity index (χ3n) is 5.24. The van der Waals surface area contributed by atoms with Gasteiger partial charge in [0.1, 0.15) is 0 Å². The molecule has 0 aromatic heterocycles. The fraction of sp³-hybridized carbons (Fsp3) is 1.00. The monoisotopic (exact) mass is 282 g/mol. The van der Waals surface area contributed by atoms with E-state index in [0.29, 0.717) is 0 Å². The molecule has 0 atom stereocenters. The molecule has 0 saturated carbocycles. The second kappa shape index (κ2) is 11.6. The van der Waals surface area contributed by atoms with E-state index in [2.05, 4.69) is 13.8 Å². The molecule has 0 amide bonds. The number of rotatable bonds is 12. The molecule has 1 heteroatoms. The lowest BCUT2D eigenvalue weighted by atomic mass is 10.0. The summed E-state index contributed by atoms with van der Waals surface area (Å²) in [4.78, 5) is 0. The number of unbranched alkanes of at least 4 members (excludes halogenated alkanes) is 8. The lowest BCUT2D eigenvalue weighted by molar-refractivity contribution is -0.932. The van der Waals surface area contributed by atoms with Crippen LogP contribution in [0.15, 0.2) is 0 Å². The average molecular weight is 283 g/mol. The highest BCUT2D eigenvalue weighted by Crippen LogP contribution is 2.22. The van der Waals surface area contributed by atoms with Gasteiger partial charge in [-0.2, -0.15) is 0 Å². The van der Waals surface area contributed by atoms with E-state index < -0.39 is 0 Å². The van der Waals surface area contributed by atoms with Gasteiger partial charge in [0.05, 0.1) is 26.2 Å². The van der Waals surface area contributed by atoms with Crippen LogP contribution in [-0.4, -0.2) is 30.7 Å². The van der Waals surface area contributed by atoms with E-state index >= 15 is 0 Å². The molecule has 20 heavy (non-hydrogen) atoms. The topological polar surface area (TPSA) is 0 Å². The Morgan fingerprint density at radius 1 is 0.550 bits per heavy atom. The predicted molar refractivity (Wildman–Crippen MR) is 91.1 cm³/mol. The first kappa shape index (κ1) is 18.0. The van der Waals surface area contributed by atoms with Gasteiger partial charge in [0.15, 0.2) is 0 Å². The zero-order valence-electron chi connectivity index (χ0n) is 14.5. The summed E-state index contributed by atoms with van der Waals surface area (Å²) in [6.07, 6.45) is 19.0. The quantitative estimate of drug-likeness (QED) is 0.307. The Hall–Kier alpha value is -0.0400. The Bertz CT molecular complexity index is 206. The van der Waals surface area contributed by atoms with E-state index in [4.69, 9.17) is 0 Å².